The van der Waals surface area contributed by atoms with Gasteiger partial charge in [-0.15, -0.1) is 0 Å². The number of anilines is 1. The number of hydrogen-bond acceptors (Lipinski definition) is 3. The van der Waals surface area contributed by atoms with Crippen LogP contribution in [0.1, 0.15) is 25.8 Å². The Labute approximate surface area is 108 Å². The number of piperidine rings is 1. The lowest BCUT2D eigenvalue weighted by Crippen LogP contribution is -2.38. The van der Waals surface area contributed by atoms with Crippen molar-refractivity contribution in [3.63, 3.8) is 0 Å². The molecular formula is C13H19N3S. The van der Waals surface area contributed by atoms with Crippen LogP contribution in [0.5, 0.6) is 0 Å². The van der Waals surface area contributed by atoms with Crippen molar-refractivity contribution in [2.75, 3.05) is 18.0 Å². The van der Waals surface area contributed by atoms with Gasteiger partial charge in [-0.1, -0.05) is 26.1 Å². The molecule has 1 aliphatic rings. The van der Waals surface area contributed by atoms with E-state index in [1.54, 1.807) is 6.20 Å². The molecule has 1 aromatic rings. The standard InChI is InChI=1S/C13H19N3S/c1-9-5-6-16(8-10(9)2)12-4-3-11(7-15-12)13(14)17/h3-4,7,9-10H,5-6,8H2,1-2H3,(H2,14,17). The van der Waals surface area contributed by atoms with Crippen LogP contribution in [0.4, 0.5) is 5.82 Å². The van der Waals surface area contributed by atoms with E-state index in [1.165, 1.54) is 6.42 Å². The number of nitrogens with two attached hydrogens (primary N) is 1. The second kappa shape index (κ2) is 5.00. The van der Waals surface area contributed by atoms with Gasteiger partial charge in [-0.05, 0) is 30.4 Å². The number of nitrogens with zero attached hydrogens (tertiary/aromatic N) is 2. The van der Waals surface area contributed by atoms with Gasteiger partial charge in [0.05, 0.1) is 0 Å². The van der Waals surface area contributed by atoms with Gasteiger partial charge in [0.1, 0.15) is 10.8 Å². The Balaban J connectivity index is 2.10. The molecule has 17 heavy (non-hydrogen) atoms. The molecule has 0 aliphatic carbocycles. The molecule has 1 fully saturated rings. The molecule has 3 nitrogen and oxygen atoms in total. The van der Waals surface area contributed by atoms with E-state index in [4.69, 9.17) is 18.0 Å². The molecule has 0 radical (unpaired) electrons. The van der Waals surface area contributed by atoms with Crippen LogP contribution in [0.15, 0.2) is 18.3 Å². The largest absolute Gasteiger partial charge is 0.389 e. The molecule has 1 saturated heterocycles. The number of thiocarbonyl (C=S) groups is 1. The van der Waals surface area contributed by atoms with Gasteiger partial charge < -0.3 is 10.6 Å². The van der Waals surface area contributed by atoms with Crippen LogP contribution in [-0.2, 0) is 0 Å². The van der Waals surface area contributed by atoms with E-state index in [1.807, 2.05) is 12.1 Å². The first-order valence-corrected chi connectivity index (χ1v) is 6.49. The van der Waals surface area contributed by atoms with Crippen molar-refractivity contribution in [1.82, 2.24) is 4.98 Å². The molecule has 92 valence electrons. The molecule has 2 N–H and O–H groups in total. The summed E-state index contributed by atoms with van der Waals surface area (Å²) in [6.45, 7) is 6.80. The van der Waals surface area contributed by atoms with Crippen LogP contribution in [0.25, 0.3) is 0 Å². The summed E-state index contributed by atoms with van der Waals surface area (Å²) in [5, 5.41) is 0. The van der Waals surface area contributed by atoms with Gasteiger partial charge in [0.15, 0.2) is 0 Å². The molecule has 0 amide bonds. The van der Waals surface area contributed by atoms with Crippen LogP contribution in [-0.4, -0.2) is 23.1 Å². The lowest BCUT2D eigenvalue weighted by Gasteiger charge is -2.36. The van der Waals surface area contributed by atoms with Gasteiger partial charge >= 0.3 is 0 Å². The van der Waals surface area contributed by atoms with E-state index in [0.717, 1.165) is 36.3 Å². The molecule has 4 heteroatoms. The van der Waals surface area contributed by atoms with Crippen molar-refractivity contribution in [2.45, 2.75) is 20.3 Å². The summed E-state index contributed by atoms with van der Waals surface area (Å²) < 4.78 is 0. The van der Waals surface area contributed by atoms with Crippen molar-refractivity contribution in [3.05, 3.63) is 23.9 Å². The van der Waals surface area contributed by atoms with E-state index in [-0.39, 0.29) is 0 Å². The quantitative estimate of drug-likeness (QED) is 0.816. The highest BCUT2D eigenvalue weighted by Gasteiger charge is 2.23. The Morgan fingerprint density at radius 3 is 2.71 bits per heavy atom. The minimum absolute atomic E-state index is 0.407. The molecule has 2 unspecified atom stereocenters. The van der Waals surface area contributed by atoms with E-state index in [2.05, 4.69) is 23.7 Å². The first-order valence-electron chi connectivity index (χ1n) is 6.08. The molecule has 2 heterocycles. The predicted octanol–water partition coefficient (Wildman–Crippen LogP) is 2.20. The fourth-order valence-electron chi connectivity index (χ4n) is 2.19. The third kappa shape index (κ3) is 2.75. The van der Waals surface area contributed by atoms with Crippen LogP contribution in [0.2, 0.25) is 0 Å². The summed E-state index contributed by atoms with van der Waals surface area (Å²) in [5.41, 5.74) is 6.40. The van der Waals surface area contributed by atoms with Crippen molar-refractivity contribution in [1.29, 1.82) is 0 Å². The van der Waals surface area contributed by atoms with Gasteiger partial charge in [0.25, 0.3) is 0 Å². The average Bonchev–Trinajstić information content (AvgIpc) is 2.33. The normalized spacial score (nSPS) is 24.7. The Bertz CT molecular complexity index is 402. The van der Waals surface area contributed by atoms with E-state index in [9.17, 15) is 0 Å². The first kappa shape index (κ1) is 12.3. The van der Waals surface area contributed by atoms with Crippen LogP contribution in [0, 0.1) is 11.8 Å². The zero-order chi connectivity index (χ0) is 12.4. The maximum Gasteiger partial charge on any atom is 0.128 e. The number of aromatic nitrogens is 1. The van der Waals surface area contributed by atoms with Crippen molar-refractivity contribution >= 4 is 23.0 Å². The van der Waals surface area contributed by atoms with E-state index in [0.29, 0.717) is 4.99 Å². The SMILES string of the molecule is CC1CCN(c2ccc(C(N)=S)cn2)CC1C. The second-order valence-corrected chi connectivity index (χ2v) is 5.40. The smallest absolute Gasteiger partial charge is 0.128 e. The van der Waals surface area contributed by atoms with Gasteiger partial charge in [-0.3, -0.25) is 0 Å². The number of rotatable bonds is 2. The topological polar surface area (TPSA) is 42.1 Å². The predicted molar refractivity (Wildman–Crippen MR) is 75.3 cm³/mol. The molecule has 0 aromatic carbocycles. The Morgan fingerprint density at radius 1 is 1.41 bits per heavy atom. The molecular weight excluding hydrogens is 230 g/mol. The molecule has 0 saturated carbocycles. The highest BCUT2D eigenvalue weighted by molar-refractivity contribution is 7.80. The van der Waals surface area contributed by atoms with Crippen LogP contribution in [0.3, 0.4) is 0 Å². The summed E-state index contributed by atoms with van der Waals surface area (Å²) in [6.07, 6.45) is 3.00. The molecule has 2 atom stereocenters. The minimum Gasteiger partial charge on any atom is -0.389 e. The third-order valence-electron chi connectivity index (χ3n) is 3.69. The average molecular weight is 249 g/mol. The van der Waals surface area contributed by atoms with Gasteiger partial charge in [0, 0.05) is 24.8 Å². The third-order valence-corrected chi connectivity index (χ3v) is 3.93. The summed E-state index contributed by atoms with van der Waals surface area (Å²) in [5.74, 6) is 2.56. The highest BCUT2D eigenvalue weighted by Crippen LogP contribution is 2.25. The Hall–Kier alpha value is -1.16. The van der Waals surface area contributed by atoms with Crippen molar-refractivity contribution < 1.29 is 0 Å². The molecule has 1 aromatic heterocycles. The van der Waals surface area contributed by atoms with Crippen molar-refractivity contribution in [3.8, 4) is 0 Å². The maximum atomic E-state index is 5.56. The lowest BCUT2D eigenvalue weighted by atomic mass is 9.89. The van der Waals surface area contributed by atoms with Gasteiger partial charge in [-0.25, -0.2) is 4.98 Å². The van der Waals surface area contributed by atoms with E-state index >= 15 is 0 Å². The zero-order valence-corrected chi connectivity index (χ0v) is 11.2. The molecule has 0 bridgehead atoms. The van der Waals surface area contributed by atoms with Crippen LogP contribution >= 0.6 is 12.2 Å². The van der Waals surface area contributed by atoms with E-state index < -0.39 is 0 Å². The second-order valence-electron chi connectivity index (χ2n) is 4.96. The minimum atomic E-state index is 0.407. The van der Waals surface area contributed by atoms with Crippen molar-refractivity contribution in [2.24, 2.45) is 17.6 Å². The zero-order valence-electron chi connectivity index (χ0n) is 10.4. The summed E-state index contributed by atoms with van der Waals surface area (Å²) in [6, 6.07) is 3.96. The Morgan fingerprint density at radius 2 is 2.18 bits per heavy atom. The Kier molecular flexibility index (Phi) is 3.62. The monoisotopic (exact) mass is 249 g/mol. The summed E-state index contributed by atoms with van der Waals surface area (Å²) >= 11 is 4.92. The summed E-state index contributed by atoms with van der Waals surface area (Å²) in [4.78, 5) is 7.19. The van der Waals surface area contributed by atoms with Gasteiger partial charge in [-0.2, -0.15) is 0 Å². The van der Waals surface area contributed by atoms with Crippen LogP contribution < -0.4 is 10.6 Å². The fraction of sp³-hybridized carbons (Fsp3) is 0.538. The number of pyridine rings is 1. The molecule has 2 rings (SSSR count). The lowest BCUT2D eigenvalue weighted by molar-refractivity contribution is 0.323. The number of hydrogen-bond donors (Lipinski definition) is 1. The fourth-order valence-corrected chi connectivity index (χ4v) is 2.31. The maximum absolute atomic E-state index is 5.56. The van der Waals surface area contributed by atoms with Gasteiger partial charge in [0.2, 0.25) is 0 Å². The highest BCUT2D eigenvalue weighted by atomic mass is 32.1. The molecule has 0 spiro atoms. The summed E-state index contributed by atoms with van der Waals surface area (Å²) in [7, 11) is 0. The first-order chi connectivity index (χ1) is 8.08. The molecule has 1 aliphatic heterocycles.